The number of rotatable bonds is 2. The van der Waals surface area contributed by atoms with Gasteiger partial charge in [0.05, 0.1) is 6.42 Å². The molecular formula is C7H11O2. The quantitative estimate of drug-likeness (QED) is 0.520. The summed E-state index contributed by atoms with van der Waals surface area (Å²) in [5, 5.41) is 9.97. The summed E-state index contributed by atoms with van der Waals surface area (Å²) in [5.41, 5.74) is 1.94. The van der Waals surface area contributed by atoms with Gasteiger partial charge in [-0.15, -0.1) is 0 Å². The first kappa shape index (κ1) is 8.21. The maximum Gasteiger partial charge on any atom is 0.359 e. The van der Waals surface area contributed by atoms with E-state index in [1.54, 1.807) is 6.92 Å². The number of carbonyl (C=O) groups excluding carboxylic acids is 1. The number of hydrogen-bond acceptors (Lipinski definition) is 1. The Kier molecular flexibility index (Phi) is 2.99. The number of carbonyl (C=O) groups is 1. The fourth-order valence-electron chi connectivity index (χ4n) is 0.393. The van der Waals surface area contributed by atoms with Crippen LogP contribution in [0, 0.1) is 0 Å². The Morgan fingerprint density at radius 2 is 1.67 bits per heavy atom. The third-order valence-corrected chi connectivity index (χ3v) is 1.26. The van der Waals surface area contributed by atoms with Crippen LogP contribution in [0.2, 0.25) is 0 Å². The average molecular weight is 127 g/mol. The molecule has 0 heterocycles. The highest BCUT2D eigenvalue weighted by Gasteiger charge is 2.00. The SMILES string of the molecule is CC(C)=C(C)CC([O])=O. The molecular weight excluding hydrogens is 116 g/mol. The summed E-state index contributed by atoms with van der Waals surface area (Å²) in [4.78, 5) is 9.97. The van der Waals surface area contributed by atoms with Gasteiger partial charge in [0.25, 0.3) is 0 Å². The molecule has 0 amide bonds. The first-order chi connectivity index (χ1) is 4.04. The Morgan fingerprint density at radius 3 is 1.78 bits per heavy atom. The van der Waals surface area contributed by atoms with E-state index in [1.165, 1.54) is 0 Å². The van der Waals surface area contributed by atoms with Crippen molar-refractivity contribution in [1.82, 2.24) is 0 Å². The van der Waals surface area contributed by atoms with Crippen molar-refractivity contribution in [3.63, 3.8) is 0 Å². The summed E-state index contributed by atoms with van der Waals surface area (Å²) in [5.74, 6) is -1.01. The topological polar surface area (TPSA) is 37.0 Å². The standard InChI is InChI=1S/C7H11O2/c1-5(2)6(3)4-7(8)9/h4H2,1-3H3. The second kappa shape index (κ2) is 3.28. The molecule has 0 aliphatic heterocycles. The van der Waals surface area contributed by atoms with E-state index in [0.717, 1.165) is 11.1 Å². The molecule has 0 atom stereocenters. The van der Waals surface area contributed by atoms with Crippen molar-refractivity contribution in [2.75, 3.05) is 0 Å². The minimum atomic E-state index is -1.01. The second-order valence-electron chi connectivity index (χ2n) is 2.33. The average Bonchev–Trinajstić information content (AvgIpc) is 1.63. The molecule has 0 N–H and O–H groups in total. The van der Waals surface area contributed by atoms with Gasteiger partial charge < -0.3 is 0 Å². The van der Waals surface area contributed by atoms with Gasteiger partial charge in [-0.2, -0.15) is 0 Å². The lowest BCUT2D eigenvalue weighted by Gasteiger charge is -1.95. The highest BCUT2D eigenvalue weighted by Crippen LogP contribution is 2.05. The maximum absolute atomic E-state index is 9.97. The lowest BCUT2D eigenvalue weighted by atomic mass is 10.1. The molecule has 0 unspecified atom stereocenters. The van der Waals surface area contributed by atoms with E-state index in [1.807, 2.05) is 13.8 Å². The molecule has 0 aromatic carbocycles. The summed E-state index contributed by atoms with van der Waals surface area (Å²) in [6.45, 7) is 5.57. The zero-order chi connectivity index (χ0) is 7.44. The third-order valence-electron chi connectivity index (χ3n) is 1.26. The smallest absolute Gasteiger partial charge is 0.247 e. The van der Waals surface area contributed by atoms with Crippen LogP contribution in [0.1, 0.15) is 27.2 Å². The normalized spacial score (nSPS) is 8.78. The molecule has 0 saturated carbocycles. The summed E-state index contributed by atoms with van der Waals surface area (Å²) in [6, 6.07) is 0. The monoisotopic (exact) mass is 127 g/mol. The van der Waals surface area contributed by atoms with Crippen molar-refractivity contribution >= 4 is 5.97 Å². The molecule has 0 bridgehead atoms. The van der Waals surface area contributed by atoms with E-state index in [0.29, 0.717) is 0 Å². The van der Waals surface area contributed by atoms with Crippen molar-refractivity contribution in [3.8, 4) is 0 Å². The van der Waals surface area contributed by atoms with Gasteiger partial charge in [0.2, 0.25) is 0 Å². The lowest BCUT2D eigenvalue weighted by molar-refractivity contribution is -0.142. The number of allylic oxidation sites excluding steroid dienone is 1. The fraction of sp³-hybridized carbons (Fsp3) is 0.571. The Hall–Kier alpha value is -0.790. The Balaban J connectivity index is 3.92. The van der Waals surface area contributed by atoms with E-state index in [9.17, 15) is 9.90 Å². The highest BCUT2D eigenvalue weighted by atomic mass is 16.4. The van der Waals surface area contributed by atoms with Gasteiger partial charge in [-0.05, 0) is 20.8 Å². The molecule has 2 nitrogen and oxygen atoms in total. The van der Waals surface area contributed by atoms with Crippen LogP contribution in [0.25, 0.3) is 0 Å². The summed E-state index contributed by atoms with van der Waals surface area (Å²) >= 11 is 0. The molecule has 0 aliphatic carbocycles. The van der Waals surface area contributed by atoms with Crippen LogP contribution in [0.3, 0.4) is 0 Å². The van der Waals surface area contributed by atoms with Crippen LogP contribution in [-0.2, 0) is 9.90 Å². The highest BCUT2D eigenvalue weighted by molar-refractivity contribution is 5.69. The van der Waals surface area contributed by atoms with E-state index in [-0.39, 0.29) is 6.42 Å². The van der Waals surface area contributed by atoms with E-state index in [4.69, 9.17) is 0 Å². The molecule has 0 rings (SSSR count). The van der Waals surface area contributed by atoms with Crippen molar-refractivity contribution < 1.29 is 9.90 Å². The molecule has 0 spiro atoms. The summed E-state index contributed by atoms with van der Waals surface area (Å²) in [7, 11) is 0. The molecule has 51 valence electrons. The van der Waals surface area contributed by atoms with Gasteiger partial charge >= 0.3 is 5.97 Å². The van der Waals surface area contributed by atoms with Gasteiger partial charge in [-0.1, -0.05) is 11.1 Å². The lowest BCUT2D eigenvalue weighted by Crippen LogP contribution is -1.93. The summed E-state index contributed by atoms with van der Waals surface area (Å²) in [6.07, 6.45) is 0.0579. The largest absolute Gasteiger partial charge is 0.359 e. The van der Waals surface area contributed by atoms with Crippen molar-refractivity contribution in [1.29, 1.82) is 0 Å². The fourth-order valence-corrected chi connectivity index (χ4v) is 0.393. The van der Waals surface area contributed by atoms with Crippen LogP contribution >= 0.6 is 0 Å². The van der Waals surface area contributed by atoms with Crippen LogP contribution in [-0.4, -0.2) is 5.97 Å². The van der Waals surface area contributed by atoms with Gasteiger partial charge in [0.1, 0.15) is 0 Å². The number of hydrogen-bond donors (Lipinski definition) is 0. The van der Waals surface area contributed by atoms with Crippen LogP contribution < -0.4 is 0 Å². The molecule has 2 heteroatoms. The van der Waals surface area contributed by atoms with Gasteiger partial charge in [0, 0.05) is 0 Å². The van der Waals surface area contributed by atoms with Crippen molar-refractivity contribution in [2.24, 2.45) is 0 Å². The van der Waals surface area contributed by atoms with E-state index >= 15 is 0 Å². The molecule has 9 heavy (non-hydrogen) atoms. The van der Waals surface area contributed by atoms with Crippen LogP contribution in [0.15, 0.2) is 11.1 Å². The first-order valence-corrected chi connectivity index (χ1v) is 2.87. The molecule has 0 aromatic rings. The molecule has 0 saturated heterocycles. The molecule has 0 aromatic heterocycles. The Bertz CT molecular complexity index is 141. The predicted octanol–water partition coefficient (Wildman–Crippen LogP) is 1.69. The zero-order valence-corrected chi connectivity index (χ0v) is 6.02. The van der Waals surface area contributed by atoms with Gasteiger partial charge in [0.15, 0.2) is 0 Å². The van der Waals surface area contributed by atoms with Gasteiger partial charge in [-0.3, -0.25) is 0 Å². The molecule has 0 aliphatic rings. The van der Waals surface area contributed by atoms with E-state index < -0.39 is 5.97 Å². The van der Waals surface area contributed by atoms with Crippen LogP contribution in [0.5, 0.6) is 0 Å². The predicted molar refractivity (Wildman–Crippen MR) is 34.4 cm³/mol. The Morgan fingerprint density at radius 1 is 1.22 bits per heavy atom. The summed E-state index contributed by atoms with van der Waals surface area (Å²) < 4.78 is 0. The minimum Gasteiger partial charge on any atom is -0.247 e. The van der Waals surface area contributed by atoms with E-state index in [2.05, 4.69) is 0 Å². The van der Waals surface area contributed by atoms with Crippen molar-refractivity contribution in [3.05, 3.63) is 11.1 Å². The first-order valence-electron chi connectivity index (χ1n) is 2.87. The second-order valence-corrected chi connectivity index (χ2v) is 2.33. The maximum atomic E-state index is 9.97. The van der Waals surface area contributed by atoms with Crippen LogP contribution in [0.4, 0.5) is 0 Å². The van der Waals surface area contributed by atoms with Gasteiger partial charge in [-0.25, -0.2) is 9.90 Å². The zero-order valence-electron chi connectivity index (χ0n) is 6.02. The van der Waals surface area contributed by atoms with Crippen molar-refractivity contribution in [2.45, 2.75) is 27.2 Å². The minimum absolute atomic E-state index is 0.0579. The Labute approximate surface area is 55.2 Å². The molecule has 0 fully saturated rings. The molecule has 1 radical (unpaired) electrons. The third kappa shape index (κ3) is 3.76.